The molecule has 1 unspecified atom stereocenters. The van der Waals surface area contributed by atoms with Crippen molar-refractivity contribution in [2.24, 2.45) is 5.73 Å². The van der Waals surface area contributed by atoms with Crippen molar-refractivity contribution in [3.8, 4) is 5.75 Å². The molecule has 0 aliphatic heterocycles. The molecule has 0 bridgehead atoms. The van der Waals surface area contributed by atoms with Crippen LogP contribution in [0.2, 0.25) is 5.02 Å². The van der Waals surface area contributed by atoms with E-state index in [4.69, 9.17) is 26.8 Å². The van der Waals surface area contributed by atoms with Gasteiger partial charge in [0.25, 0.3) is 5.91 Å². The zero-order chi connectivity index (χ0) is 15.0. The van der Waals surface area contributed by atoms with Crippen molar-refractivity contribution < 1.29 is 14.3 Å². The van der Waals surface area contributed by atoms with Gasteiger partial charge in [-0.05, 0) is 37.1 Å². The van der Waals surface area contributed by atoms with Gasteiger partial charge < -0.3 is 20.5 Å². The Morgan fingerprint density at radius 1 is 1.50 bits per heavy atom. The number of hydrogen-bond donors (Lipinski definition) is 2. The van der Waals surface area contributed by atoms with Gasteiger partial charge in [-0.25, -0.2) is 0 Å². The summed E-state index contributed by atoms with van der Waals surface area (Å²) in [7, 11) is 1.58. The molecule has 6 heteroatoms. The second kappa shape index (κ2) is 8.79. The number of nitrogens with one attached hydrogen (secondary N) is 1. The van der Waals surface area contributed by atoms with Crippen LogP contribution in [0.4, 0.5) is 0 Å². The second-order valence-electron chi connectivity index (χ2n) is 4.56. The molecule has 0 aliphatic carbocycles. The van der Waals surface area contributed by atoms with Gasteiger partial charge in [-0.1, -0.05) is 11.6 Å². The van der Waals surface area contributed by atoms with Gasteiger partial charge in [0.15, 0.2) is 6.61 Å². The molecular weight excluding hydrogens is 280 g/mol. The van der Waals surface area contributed by atoms with E-state index in [1.165, 1.54) is 0 Å². The zero-order valence-corrected chi connectivity index (χ0v) is 12.6. The summed E-state index contributed by atoms with van der Waals surface area (Å²) in [5.74, 6) is 0.442. The van der Waals surface area contributed by atoms with Gasteiger partial charge in [0.05, 0.1) is 6.61 Å². The lowest BCUT2D eigenvalue weighted by Crippen LogP contribution is -2.31. The molecule has 0 aliphatic rings. The largest absolute Gasteiger partial charge is 0.483 e. The van der Waals surface area contributed by atoms with Crippen LogP contribution in [-0.2, 0) is 16.0 Å². The van der Waals surface area contributed by atoms with Crippen LogP contribution in [0.1, 0.15) is 12.5 Å². The molecule has 0 radical (unpaired) electrons. The first-order valence-corrected chi connectivity index (χ1v) is 6.83. The Balaban J connectivity index is 2.56. The number of rotatable bonds is 8. The molecular formula is C14H21ClN2O3. The molecule has 0 aromatic heterocycles. The zero-order valence-electron chi connectivity index (χ0n) is 11.8. The number of benzene rings is 1. The molecule has 0 heterocycles. The van der Waals surface area contributed by atoms with Crippen molar-refractivity contribution in [1.29, 1.82) is 0 Å². The Morgan fingerprint density at radius 3 is 2.90 bits per heavy atom. The van der Waals surface area contributed by atoms with Gasteiger partial charge in [0.2, 0.25) is 0 Å². The minimum atomic E-state index is -0.191. The van der Waals surface area contributed by atoms with Crippen molar-refractivity contribution in [3.05, 3.63) is 28.8 Å². The van der Waals surface area contributed by atoms with Crippen molar-refractivity contribution in [2.45, 2.75) is 19.4 Å². The minimum absolute atomic E-state index is 0.00801. The van der Waals surface area contributed by atoms with Gasteiger partial charge in [-0.3, -0.25) is 4.79 Å². The number of amides is 1. The number of carbonyl (C=O) groups excluding carboxylic acids is 1. The maximum Gasteiger partial charge on any atom is 0.258 e. The van der Waals surface area contributed by atoms with E-state index in [9.17, 15) is 4.79 Å². The van der Waals surface area contributed by atoms with Crippen molar-refractivity contribution in [1.82, 2.24) is 5.32 Å². The third-order valence-electron chi connectivity index (χ3n) is 2.55. The fraction of sp³-hybridized carbons (Fsp3) is 0.500. The van der Waals surface area contributed by atoms with E-state index in [0.29, 0.717) is 30.3 Å². The summed E-state index contributed by atoms with van der Waals surface area (Å²) in [5.41, 5.74) is 6.69. The molecule has 0 saturated heterocycles. The van der Waals surface area contributed by atoms with E-state index in [1.54, 1.807) is 19.2 Å². The van der Waals surface area contributed by atoms with Crippen LogP contribution in [0.25, 0.3) is 0 Å². The lowest BCUT2D eigenvalue weighted by molar-refractivity contribution is -0.123. The summed E-state index contributed by atoms with van der Waals surface area (Å²) in [4.78, 5) is 11.5. The van der Waals surface area contributed by atoms with Crippen LogP contribution in [0, 0.1) is 0 Å². The topological polar surface area (TPSA) is 73.6 Å². The first-order chi connectivity index (χ1) is 9.52. The summed E-state index contributed by atoms with van der Waals surface area (Å²) in [6, 6.07) is 5.28. The Hall–Kier alpha value is -1.30. The number of carbonyl (C=O) groups is 1. The third-order valence-corrected chi connectivity index (χ3v) is 2.79. The summed E-state index contributed by atoms with van der Waals surface area (Å²) in [6.45, 7) is 2.80. The normalized spacial score (nSPS) is 12.0. The molecule has 0 spiro atoms. The third kappa shape index (κ3) is 6.23. The van der Waals surface area contributed by atoms with Gasteiger partial charge >= 0.3 is 0 Å². The molecule has 1 aromatic carbocycles. The number of ether oxygens (including phenoxy) is 2. The van der Waals surface area contributed by atoms with Crippen LogP contribution >= 0.6 is 11.6 Å². The Labute approximate surface area is 124 Å². The van der Waals surface area contributed by atoms with Crippen LogP contribution in [0.3, 0.4) is 0 Å². The maximum atomic E-state index is 11.5. The van der Waals surface area contributed by atoms with E-state index >= 15 is 0 Å². The quantitative estimate of drug-likeness (QED) is 0.711. The number of hydrogen-bond acceptors (Lipinski definition) is 4. The van der Waals surface area contributed by atoms with Crippen LogP contribution < -0.4 is 15.8 Å². The van der Waals surface area contributed by atoms with Gasteiger partial charge in [-0.2, -0.15) is 0 Å². The van der Waals surface area contributed by atoms with E-state index < -0.39 is 0 Å². The molecule has 1 rings (SSSR count). The first-order valence-electron chi connectivity index (χ1n) is 6.45. The summed E-state index contributed by atoms with van der Waals surface area (Å²) < 4.78 is 10.4. The van der Waals surface area contributed by atoms with Crippen LogP contribution in [0.5, 0.6) is 5.75 Å². The highest BCUT2D eigenvalue weighted by molar-refractivity contribution is 6.30. The standard InChI is InChI=1S/C14H21ClN2O3/c1-10(16)7-11-8-12(15)3-4-13(11)20-9-14(18)17-5-6-19-2/h3-4,8,10H,5-7,9,16H2,1-2H3,(H,17,18). The molecule has 5 nitrogen and oxygen atoms in total. The number of nitrogens with two attached hydrogens (primary N) is 1. The number of halogens is 1. The average molecular weight is 301 g/mol. The molecule has 0 fully saturated rings. The monoisotopic (exact) mass is 300 g/mol. The molecule has 1 amide bonds. The summed E-state index contributed by atoms with van der Waals surface area (Å²) in [5, 5.41) is 3.31. The molecule has 3 N–H and O–H groups in total. The van der Waals surface area contributed by atoms with Crippen molar-refractivity contribution in [2.75, 3.05) is 26.9 Å². The van der Waals surface area contributed by atoms with E-state index in [-0.39, 0.29) is 18.6 Å². The highest BCUT2D eigenvalue weighted by atomic mass is 35.5. The predicted molar refractivity (Wildman–Crippen MR) is 79.2 cm³/mol. The van der Waals surface area contributed by atoms with E-state index in [2.05, 4.69) is 5.32 Å². The van der Waals surface area contributed by atoms with Crippen molar-refractivity contribution >= 4 is 17.5 Å². The minimum Gasteiger partial charge on any atom is -0.483 e. The second-order valence-corrected chi connectivity index (χ2v) is 5.00. The molecule has 1 atom stereocenters. The first kappa shape index (κ1) is 16.8. The van der Waals surface area contributed by atoms with Crippen LogP contribution in [-0.4, -0.2) is 38.8 Å². The highest BCUT2D eigenvalue weighted by Gasteiger charge is 2.09. The summed E-state index contributed by atoms with van der Waals surface area (Å²) >= 11 is 5.96. The Bertz CT molecular complexity index is 438. The highest BCUT2D eigenvalue weighted by Crippen LogP contribution is 2.24. The van der Waals surface area contributed by atoms with Gasteiger partial charge in [0.1, 0.15) is 5.75 Å². The molecule has 1 aromatic rings. The molecule has 0 saturated carbocycles. The van der Waals surface area contributed by atoms with E-state index in [0.717, 1.165) is 5.56 Å². The van der Waals surface area contributed by atoms with Gasteiger partial charge in [0, 0.05) is 24.7 Å². The fourth-order valence-corrected chi connectivity index (χ4v) is 1.88. The lowest BCUT2D eigenvalue weighted by atomic mass is 10.1. The Kier molecular flexibility index (Phi) is 7.36. The Morgan fingerprint density at radius 2 is 2.25 bits per heavy atom. The number of methoxy groups -OCH3 is 1. The maximum absolute atomic E-state index is 11.5. The fourth-order valence-electron chi connectivity index (χ4n) is 1.68. The van der Waals surface area contributed by atoms with Crippen molar-refractivity contribution in [3.63, 3.8) is 0 Å². The van der Waals surface area contributed by atoms with Gasteiger partial charge in [-0.15, -0.1) is 0 Å². The predicted octanol–water partition coefficient (Wildman–Crippen LogP) is 1.37. The summed E-state index contributed by atoms with van der Waals surface area (Å²) in [6.07, 6.45) is 0.640. The lowest BCUT2D eigenvalue weighted by Gasteiger charge is -2.13. The smallest absolute Gasteiger partial charge is 0.258 e. The van der Waals surface area contributed by atoms with Crippen LogP contribution in [0.15, 0.2) is 18.2 Å². The van der Waals surface area contributed by atoms with E-state index in [1.807, 2.05) is 13.0 Å². The molecule has 112 valence electrons. The SMILES string of the molecule is COCCNC(=O)COc1ccc(Cl)cc1CC(C)N. The average Bonchev–Trinajstić information content (AvgIpc) is 2.37. The molecule has 20 heavy (non-hydrogen) atoms.